The molecule has 3 rings (SSSR count). The van der Waals surface area contributed by atoms with E-state index in [0.717, 1.165) is 12.2 Å². The number of aromatic nitrogens is 2. The molecule has 0 amide bonds. The van der Waals surface area contributed by atoms with Crippen molar-refractivity contribution in [1.29, 1.82) is 0 Å². The minimum absolute atomic E-state index is 0.324. The molecule has 16 heavy (non-hydrogen) atoms. The zero-order valence-electron chi connectivity index (χ0n) is 9.72. The second-order valence-corrected chi connectivity index (χ2v) is 5.03. The van der Waals surface area contributed by atoms with Gasteiger partial charge in [0.25, 0.3) is 0 Å². The monoisotopic (exact) mass is 218 g/mol. The van der Waals surface area contributed by atoms with Crippen LogP contribution in [-0.4, -0.2) is 15.6 Å². The molecular weight excluding hydrogens is 200 g/mol. The third kappa shape index (κ3) is 1.41. The number of nitrogens with zero attached hydrogens (tertiary/aromatic N) is 2. The van der Waals surface area contributed by atoms with Crippen molar-refractivity contribution >= 4 is 5.78 Å². The number of hydrogen-bond acceptors (Lipinski definition) is 2. The Bertz CT molecular complexity index is 398. The van der Waals surface area contributed by atoms with Gasteiger partial charge >= 0.3 is 0 Å². The quantitative estimate of drug-likeness (QED) is 0.731. The number of carbonyl (C=O) groups is 1. The zero-order chi connectivity index (χ0) is 11.1. The molecule has 1 heterocycles. The summed E-state index contributed by atoms with van der Waals surface area (Å²) in [6, 6.07) is 1.87. The first-order chi connectivity index (χ1) is 7.83. The summed E-state index contributed by atoms with van der Waals surface area (Å²) in [6.07, 6.45) is 6.90. The van der Waals surface area contributed by atoms with Crippen molar-refractivity contribution in [2.75, 3.05) is 0 Å². The van der Waals surface area contributed by atoms with Crippen LogP contribution in [0.25, 0.3) is 0 Å². The Labute approximate surface area is 95.8 Å². The Morgan fingerprint density at radius 3 is 2.75 bits per heavy atom. The van der Waals surface area contributed by atoms with E-state index < -0.39 is 0 Å². The Morgan fingerprint density at radius 2 is 2.12 bits per heavy atom. The average Bonchev–Trinajstić information content (AvgIpc) is 2.84. The summed E-state index contributed by atoms with van der Waals surface area (Å²) >= 11 is 0. The molecule has 0 aliphatic heterocycles. The molecular formula is C13H18N2O. The van der Waals surface area contributed by atoms with Gasteiger partial charge in [-0.15, -0.1) is 0 Å². The molecule has 0 bridgehead atoms. The predicted octanol–water partition coefficient (Wildman–Crippen LogP) is 2.52. The average molecular weight is 218 g/mol. The minimum atomic E-state index is 0.324. The van der Waals surface area contributed by atoms with Crippen LogP contribution in [0.5, 0.6) is 0 Å². The summed E-state index contributed by atoms with van der Waals surface area (Å²) in [4.78, 5) is 12.4. The second-order valence-electron chi connectivity index (χ2n) is 5.03. The van der Waals surface area contributed by atoms with Crippen molar-refractivity contribution in [2.45, 2.75) is 39.2 Å². The van der Waals surface area contributed by atoms with Crippen LogP contribution in [0.4, 0.5) is 0 Å². The van der Waals surface area contributed by atoms with Crippen LogP contribution in [0.15, 0.2) is 12.3 Å². The van der Waals surface area contributed by atoms with Gasteiger partial charge in [-0.1, -0.05) is 12.8 Å². The van der Waals surface area contributed by atoms with Gasteiger partial charge in [0, 0.05) is 18.7 Å². The number of aryl methyl sites for hydroxylation is 1. The fourth-order valence-corrected chi connectivity index (χ4v) is 3.35. The lowest BCUT2D eigenvalue weighted by atomic mass is 10.0. The molecule has 1 aromatic heterocycles. The highest BCUT2D eigenvalue weighted by Crippen LogP contribution is 2.56. The first-order valence-corrected chi connectivity index (χ1v) is 6.39. The van der Waals surface area contributed by atoms with Crippen LogP contribution < -0.4 is 0 Å². The molecule has 2 fully saturated rings. The summed E-state index contributed by atoms with van der Waals surface area (Å²) in [7, 11) is 0. The van der Waals surface area contributed by atoms with Gasteiger partial charge in [0.05, 0.1) is 0 Å². The van der Waals surface area contributed by atoms with E-state index in [1.54, 1.807) is 6.20 Å². The number of fused-ring (bicyclic) bond motifs is 1. The third-order valence-corrected chi connectivity index (χ3v) is 4.23. The summed E-state index contributed by atoms with van der Waals surface area (Å²) in [6.45, 7) is 2.82. The Hall–Kier alpha value is -1.12. The van der Waals surface area contributed by atoms with E-state index in [9.17, 15) is 4.79 Å². The largest absolute Gasteiger partial charge is 0.292 e. The third-order valence-electron chi connectivity index (χ3n) is 4.23. The molecule has 2 aliphatic rings. The molecule has 3 nitrogen and oxygen atoms in total. The van der Waals surface area contributed by atoms with Gasteiger partial charge in [-0.25, -0.2) is 0 Å². The van der Waals surface area contributed by atoms with E-state index in [4.69, 9.17) is 0 Å². The SMILES string of the molecule is CCn1nccc1C(=O)C1C2CCCCC21. The Kier molecular flexibility index (Phi) is 2.34. The van der Waals surface area contributed by atoms with Gasteiger partial charge in [0.2, 0.25) is 0 Å². The number of carbonyl (C=O) groups excluding carboxylic acids is 1. The summed E-state index contributed by atoms with van der Waals surface area (Å²) in [5, 5.41) is 4.18. The number of ketones is 1. The Balaban J connectivity index is 1.79. The normalized spacial score (nSPS) is 32.2. The van der Waals surface area contributed by atoms with E-state index >= 15 is 0 Å². The van der Waals surface area contributed by atoms with E-state index in [1.165, 1.54) is 25.7 Å². The van der Waals surface area contributed by atoms with Gasteiger partial charge in [-0.05, 0) is 37.7 Å². The molecule has 2 saturated carbocycles. The van der Waals surface area contributed by atoms with Gasteiger partial charge < -0.3 is 0 Å². The maximum Gasteiger partial charge on any atom is 0.184 e. The lowest BCUT2D eigenvalue weighted by Crippen LogP contribution is -2.12. The summed E-state index contributed by atoms with van der Waals surface area (Å²) in [5.74, 6) is 2.06. The van der Waals surface area contributed by atoms with E-state index in [0.29, 0.717) is 23.5 Å². The van der Waals surface area contributed by atoms with Crippen LogP contribution >= 0.6 is 0 Å². The van der Waals surface area contributed by atoms with Gasteiger partial charge in [0.15, 0.2) is 5.78 Å². The zero-order valence-corrected chi connectivity index (χ0v) is 9.72. The summed E-state index contributed by atoms with van der Waals surface area (Å²) in [5.41, 5.74) is 0.821. The summed E-state index contributed by atoms with van der Waals surface area (Å²) < 4.78 is 1.83. The number of hydrogen-bond donors (Lipinski definition) is 0. The molecule has 0 saturated heterocycles. The fourth-order valence-electron chi connectivity index (χ4n) is 3.35. The van der Waals surface area contributed by atoms with Crippen LogP contribution in [-0.2, 0) is 6.54 Å². The molecule has 2 aliphatic carbocycles. The van der Waals surface area contributed by atoms with E-state index in [-0.39, 0.29) is 0 Å². The standard InChI is InChI=1S/C13H18N2O/c1-2-15-11(7-8-14-15)13(16)12-9-5-3-4-6-10(9)12/h7-10,12H,2-6H2,1H3. The molecule has 0 radical (unpaired) electrons. The highest BCUT2D eigenvalue weighted by molar-refractivity contribution is 5.98. The van der Waals surface area contributed by atoms with Crippen molar-refractivity contribution in [1.82, 2.24) is 9.78 Å². The van der Waals surface area contributed by atoms with Gasteiger partial charge in [-0.3, -0.25) is 9.48 Å². The van der Waals surface area contributed by atoms with Crippen LogP contribution in [0.1, 0.15) is 43.1 Å². The maximum atomic E-state index is 12.4. The molecule has 0 aromatic carbocycles. The smallest absolute Gasteiger partial charge is 0.184 e. The van der Waals surface area contributed by atoms with Crippen molar-refractivity contribution in [3.05, 3.63) is 18.0 Å². The van der Waals surface area contributed by atoms with Crippen LogP contribution in [0.2, 0.25) is 0 Å². The lowest BCUT2D eigenvalue weighted by Gasteiger charge is -2.04. The van der Waals surface area contributed by atoms with Crippen molar-refractivity contribution in [3.63, 3.8) is 0 Å². The van der Waals surface area contributed by atoms with E-state index in [1.807, 2.05) is 17.7 Å². The molecule has 1 aromatic rings. The van der Waals surface area contributed by atoms with Gasteiger partial charge in [-0.2, -0.15) is 5.10 Å². The van der Waals surface area contributed by atoms with Crippen molar-refractivity contribution in [2.24, 2.45) is 17.8 Å². The molecule has 0 N–H and O–H groups in total. The highest BCUT2D eigenvalue weighted by Gasteiger charge is 2.55. The molecule has 3 heteroatoms. The number of Topliss-reactive ketones (excluding diaryl/α,β-unsaturated/α-hetero) is 1. The first-order valence-electron chi connectivity index (χ1n) is 6.39. The minimum Gasteiger partial charge on any atom is -0.292 e. The maximum absolute atomic E-state index is 12.4. The highest BCUT2D eigenvalue weighted by atomic mass is 16.1. The van der Waals surface area contributed by atoms with Crippen molar-refractivity contribution < 1.29 is 4.79 Å². The van der Waals surface area contributed by atoms with Gasteiger partial charge in [0.1, 0.15) is 5.69 Å². The molecule has 86 valence electrons. The first kappa shape index (κ1) is 10.1. The molecule has 0 spiro atoms. The Morgan fingerprint density at radius 1 is 1.44 bits per heavy atom. The van der Waals surface area contributed by atoms with Crippen LogP contribution in [0, 0.1) is 17.8 Å². The fraction of sp³-hybridized carbons (Fsp3) is 0.692. The second kappa shape index (κ2) is 3.72. The van der Waals surface area contributed by atoms with Crippen molar-refractivity contribution in [3.8, 4) is 0 Å². The molecule has 2 atom stereocenters. The van der Waals surface area contributed by atoms with E-state index in [2.05, 4.69) is 5.10 Å². The number of rotatable bonds is 3. The lowest BCUT2D eigenvalue weighted by molar-refractivity contribution is 0.0945. The van der Waals surface area contributed by atoms with Crippen LogP contribution in [0.3, 0.4) is 0 Å². The topological polar surface area (TPSA) is 34.9 Å². The predicted molar refractivity (Wildman–Crippen MR) is 61.2 cm³/mol. The molecule has 2 unspecified atom stereocenters.